The van der Waals surface area contributed by atoms with Gasteiger partial charge in [-0.2, -0.15) is 5.10 Å². The van der Waals surface area contributed by atoms with Gasteiger partial charge in [-0.3, -0.25) is 9.48 Å². The number of nitrogens with zero attached hydrogens (tertiary/aromatic N) is 3. The number of thiophene rings is 1. The highest BCUT2D eigenvalue weighted by atomic mass is 32.1. The van der Waals surface area contributed by atoms with Gasteiger partial charge in [-0.1, -0.05) is 6.07 Å². The molecule has 2 atom stereocenters. The van der Waals surface area contributed by atoms with Crippen molar-refractivity contribution in [3.63, 3.8) is 0 Å². The second-order valence-corrected chi connectivity index (χ2v) is 6.56. The first-order chi connectivity index (χ1) is 10.1. The molecule has 0 saturated carbocycles. The van der Waals surface area contributed by atoms with E-state index in [0.717, 1.165) is 17.8 Å². The van der Waals surface area contributed by atoms with Crippen LogP contribution in [0.2, 0.25) is 0 Å². The number of amides is 1. The largest absolute Gasteiger partial charge is 0.337 e. The molecule has 3 heterocycles. The summed E-state index contributed by atoms with van der Waals surface area (Å²) in [4.78, 5) is 15.2. The van der Waals surface area contributed by atoms with Crippen LogP contribution in [0.25, 0.3) is 0 Å². The van der Waals surface area contributed by atoms with E-state index in [2.05, 4.69) is 34.9 Å². The lowest BCUT2D eigenvalue weighted by atomic mass is 10.0. The van der Waals surface area contributed by atoms with Crippen molar-refractivity contribution in [3.05, 3.63) is 39.8 Å². The van der Waals surface area contributed by atoms with Crippen LogP contribution in [0.5, 0.6) is 0 Å². The first-order valence-electron chi connectivity index (χ1n) is 7.08. The molecule has 1 saturated heterocycles. The number of carbonyl (C=O) groups excluding carboxylic acids is 1. The van der Waals surface area contributed by atoms with Gasteiger partial charge in [0, 0.05) is 49.2 Å². The molecule has 2 aromatic heterocycles. The van der Waals surface area contributed by atoms with E-state index >= 15 is 0 Å². The monoisotopic (exact) mass is 304 g/mol. The van der Waals surface area contributed by atoms with Gasteiger partial charge >= 0.3 is 0 Å². The van der Waals surface area contributed by atoms with Crippen LogP contribution >= 0.6 is 11.3 Å². The lowest BCUT2D eigenvalue weighted by molar-refractivity contribution is -0.127. The Hall–Kier alpha value is -1.66. The standard InChI is InChI=1S/C15H20N4OS/c1-10-12(9-17-19(10)3)15-13(7-14(20)18(15)2)16-8-11-5-4-6-21-11/h4-6,9,13,15-16H,7-8H2,1-3H3/t13-,15+/m1/s1. The van der Waals surface area contributed by atoms with Gasteiger partial charge in [0.1, 0.15) is 0 Å². The van der Waals surface area contributed by atoms with Gasteiger partial charge in [0.2, 0.25) is 5.91 Å². The van der Waals surface area contributed by atoms with E-state index in [1.807, 2.05) is 29.9 Å². The van der Waals surface area contributed by atoms with Crippen molar-refractivity contribution in [1.82, 2.24) is 20.0 Å². The Morgan fingerprint density at radius 1 is 1.48 bits per heavy atom. The Bertz CT molecular complexity index is 634. The zero-order chi connectivity index (χ0) is 15.0. The summed E-state index contributed by atoms with van der Waals surface area (Å²) in [7, 11) is 3.82. The highest BCUT2D eigenvalue weighted by molar-refractivity contribution is 7.09. The SMILES string of the molecule is Cc1c([C@H]2[C@H](NCc3cccs3)CC(=O)N2C)cnn1C. The second kappa shape index (κ2) is 5.61. The third kappa shape index (κ3) is 2.61. The van der Waals surface area contributed by atoms with E-state index in [1.165, 1.54) is 4.88 Å². The van der Waals surface area contributed by atoms with Crippen LogP contribution in [-0.4, -0.2) is 33.7 Å². The number of rotatable bonds is 4. The fourth-order valence-corrected chi connectivity index (χ4v) is 3.58. The summed E-state index contributed by atoms with van der Waals surface area (Å²) in [5, 5.41) is 9.93. The summed E-state index contributed by atoms with van der Waals surface area (Å²) in [6, 6.07) is 4.36. The molecule has 112 valence electrons. The summed E-state index contributed by atoms with van der Waals surface area (Å²) >= 11 is 1.73. The van der Waals surface area contributed by atoms with E-state index in [9.17, 15) is 4.79 Å². The minimum absolute atomic E-state index is 0.0613. The number of likely N-dealkylation sites (tertiary alicyclic amines) is 1. The Labute approximate surface area is 128 Å². The highest BCUT2D eigenvalue weighted by Gasteiger charge is 2.39. The summed E-state index contributed by atoms with van der Waals surface area (Å²) in [5.41, 5.74) is 2.25. The maximum absolute atomic E-state index is 12.1. The van der Waals surface area contributed by atoms with E-state index in [4.69, 9.17) is 0 Å². The van der Waals surface area contributed by atoms with Crippen molar-refractivity contribution >= 4 is 17.2 Å². The predicted molar refractivity (Wildman–Crippen MR) is 83.0 cm³/mol. The predicted octanol–water partition coefficient (Wildman–Crippen LogP) is 1.85. The summed E-state index contributed by atoms with van der Waals surface area (Å²) in [6.07, 6.45) is 2.43. The van der Waals surface area contributed by atoms with Gasteiger partial charge in [0.15, 0.2) is 0 Å². The molecule has 1 aliphatic rings. The molecule has 6 heteroatoms. The van der Waals surface area contributed by atoms with Gasteiger partial charge < -0.3 is 10.2 Å². The first kappa shape index (κ1) is 14.3. The molecule has 1 N–H and O–H groups in total. The zero-order valence-corrected chi connectivity index (χ0v) is 13.4. The van der Waals surface area contributed by atoms with Crippen LogP contribution < -0.4 is 5.32 Å². The van der Waals surface area contributed by atoms with Gasteiger partial charge in [0.05, 0.1) is 12.2 Å². The fourth-order valence-electron chi connectivity index (χ4n) is 2.93. The Kier molecular flexibility index (Phi) is 3.82. The smallest absolute Gasteiger partial charge is 0.224 e. The van der Waals surface area contributed by atoms with Crippen LogP contribution in [0.1, 0.15) is 28.6 Å². The normalized spacial score (nSPS) is 22.2. The van der Waals surface area contributed by atoms with Crippen molar-refractivity contribution in [3.8, 4) is 0 Å². The number of aromatic nitrogens is 2. The quantitative estimate of drug-likeness (QED) is 0.938. The Morgan fingerprint density at radius 3 is 2.90 bits per heavy atom. The molecule has 1 fully saturated rings. The molecule has 0 spiro atoms. The topological polar surface area (TPSA) is 50.2 Å². The fraction of sp³-hybridized carbons (Fsp3) is 0.467. The molecule has 5 nitrogen and oxygen atoms in total. The van der Waals surface area contributed by atoms with Crippen molar-refractivity contribution in [2.45, 2.75) is 32.0 Å². The summed E-state index contributed by atoms with van der Waals surface area (Å²) in [6.45, 7) is 2.86. The average molecular weight is 304 g/mol. The second-order valence-electron chi connectivity index (χ2n) is 5.53. The molecule has 21 heavy (non-hydrogen) atoms. The molecule has 1 aliphatic heterocycles. The molecule has 0 radical (unpaired) electrons. The van der Waals surface area contributed by atoms with E-state index < -0.39 is 0 Å². The van der Waals surface area contributed by atoms with Crippen LogP contribution in [0.15, 0.2) is 23.7 Å². The molecule has 3 rings (SSSR count). The van der Waals surface area contributed by atoms with Gasteiger partial charge in [-0.05, 0) is 18.4 Å². The van der Waals surface area contributed by atoms with Crippen LogP contribution in [0, 0.1) is 6.92 Å². The minimum atomic E-state index is 0.0613. The molecular formula is C15H20N4OS. The molecule has 1 amide bonds. The minimum Gasteiger partial charge on any atom is -0.337 e. The number of hydrogen-bond acceptors (Lipinski definition) is 4. The summed E-state index contributed by atoms with van der Waals surface area (Å²) in [5.74, 6) is 0.187. The lowest BCUT2D eigenvalue weighted by Gasteiger charge is -2.25. The molecule has 0 aliphatic carbocycles. The van der Waals surface area contributed by atoms with E-state index in [-0.39, 0.29) is 18.0 Å². The van der Waals surface area contributed by atoms with Crippen molar-refractivity contribution in [2.24, 2.45) is 7.05 Å². The van der Waals surface area contributed by atoms with Crippen molar-refractivity contribution in [1.29, 1.82) is 0 Å². The third-order valence-corrected chi connectivity index (χ3v) is 5.17. The molecule has 0 unspecified atom stereocenters. The average Bonchev–Trinajstić information content (AvgIpc) is 3.14. The number of hydrogen-bond donors (Lipinski definition) is 1. The number of likely N-dealkylation sites (N-methyl/N-ethyl adjacent to an activating group) is 1. The first-order valence-corrected chi connectivity index (χ1v) is 7.96. The van der Waals surface area contributed by atoms with Crippen molar-refractivity contribution < 1.29 is 4.79 Å². The van der Waals surface area contributed by atoms with Crippen LogP contribution in [-0.2, 0) is 18.4 Å². The van der Waals surface area contributed by atoms with Gasteiger partial charge in [0.25, 0.3) is 0 Å². The molecular weight excluding hydrogens is 284 g/mol. The number of carbonyl (C=O) groups is 1. The number of nitrogens with one attached hydrogen (secondary N) is 1. The highest BCUT2D eigenvalue weighted by Crippen LogP contribution is 2.33. The van der Waals surface area contributed by atoms with Gasteiger partial charge in [-0.15, -0.1) is 11.3 Å². The van der Waals surface area contributed by atoms with E-state index in [0.29, 0.717) is 6.42 Å². The van der Waals surface area contributed by atoms with Crippen LogP contribution in [0.3, 0.4) is 0 Å². The summed E-state index contributed by atoms with van der Waals surface area (Å²) < 4.78 is 1.86. The lowest BCUT2D eigenvalue weighted by Crippen LogP contribution is -2.34. The molecule has 0 bridgehead atoms. The maximum atomic E-state index is 12.1. The van der Waals surface area contributed by atoms with Gasteiger partial charge in [-0.25, -0.2) is 0 Å². The van der Waals surface area contributed by atoms with Crippen LogP contribution in [0.4, 0.5) is 0 Å². The maximum Gasteiger partial charge on any atom is 0.224 e. The number of aryl methyl sites for hydroxylation is 1. The van der Waals surface area contributed by atoms with Crippen molar-refractivity contribution in [2.75, 3.05) is 7.05 Å². The Balaban J connectivity index is 1.81. The zero-order valence-electron chi connectivity index (χ0n) is 12.5. The molecule has 0 aromatic carbocycles. The molecule has 2 aromatic rings. The van der Waals surface area contributed by atoms with E-state index in [1.54, 1.807) is 11.3 Å². The third-order valence-electron chi connectivity index (χ3n) is 4.30. The Morgan fingerprint density at radius 2 is 2.29 bits per heavy atom.